The van der Waals surface area contributed by atoms with Crippen LogP contribution in [-0.4, -0.2) is 22.6 Å². The Hall–Kier alpha value is -0.840. The van der Waals surface area contributed by atoms with Gasteiger partial charge in [0.2, 0.25) is 0 Å². The lowest BCUT2D eigenvalue weighted by Gasteiger charge is -2.18. The Morgan fingerprint density at radius 1 is 1.62 bits per heavy atom. The normalized spacial score (nSPS) is 14.3. The lowest BCUT2D eigenvalue weighted by Crippen LogP contribution is -2.38. The van der Waals surface area contributed by atoms with Gasteiger partial charge < -0.3 is 9.84 Å². The fraction of sp³-hybridized carbons (Fsp3) is 0.300. The second kappa shape index (κ2) is 4.99. The molecule has 88 valence electrons. The lowest BCUT2D eigenvalue weighted by molar-refractivity contribution is -0.129. The third-order valence-corrected chi connectivity index (χ3v) is 2.55. The van der Waals surface area contributed by atoms with Gasteiger partial charge >= 0.3 is 0 Å². The molecule has 0 aromatic heterocycles. The third-order valence-electron chi connectivity index (χ3n) is 1.83. The molecule has 0 aliphatic rings. The molecule has 0 saturated carbocycles. The van der Waals surface area contributed by atoms with E-state index in [9.17, 15) is 14.3 Å². The molecular weight excluding hydrogens is 258 g/mol. The van der Waals surface area contributed by atoms with Gasteiger partial charge in [0.05, 0.1) is 5.02 Å². The van der Waals surface area contributed by atoms with Crippen LogP contribution in [0.15, 0.2) is 18.2 Å². The fourth-order valence-electron chi connectivity index (χ4n) is 0.847. The number of carbonyl (C=O) groups is 1. The molecule has 1 aromatic rings. The molecular formula is C10H9Cl2FO3. The molecule has 1 N–H and O–H groups in total. The van der Waals surface area contributed by atoms with Crippen LogP contribution < -0.4 is 4.74 Å². The van der Waals surface area contributed by atoms with E-state index >= 15 is 0 Å². The van der Waals surface area contributed by atoms with Crippen molar-refractivity contribution in [1.82, 2.24) is 0 Å². The molecule has 0 amide bonds. The Balaban J connectivity index is 2.68. The van der Waals surface area contributed by atoms with Crippen molar-refractivity contribution in [3.05, 3.63) is 29.0 Å². The predicted molar refractivity (Wildman–Crippen MR) is 58.4 cm³/mol. The Morgan fingerprint density at radius 3 is 2.75 bits per heavy atom. The van der Waals surface area contributed by atoms with Gasteiger partial charge in [0, 0.05) is 6.07 Å². The molecule has 1 rings (SSSR count). The van der Waals surface area contributed by atoms with Crippen molar-refractivity contribution < 1.29 is 19.0 Å². The summed E-state index contributed by atoms with van der Waals surface area (Å²) in [6.07, 6.45) is 0. The molecule has 0 bridgehead atoms. The fourth-order valence-corrected chi connectivity index (χ4v) is 1.02. The van der Waals surface area contributed by atoms with Gasteiger partial charge in [-0.15, -0.1) is 0 Å². The topological polar surface area (TPSA) is 46.5 Å². The van der Waals surface area contributed by atoms with Crippen LogP contribution in [0.4, 0.5) is 4.39 Å². The van der Waals surface area contributed by atoms with Crippen LogP contribution in [0.2, 0.25) is 5.02 Å². The maximum Gasteiger partial charge on any atom is 0.256 e. The van der Waals surface area contributed by atoms with Crippen molar-refractivity contribution >= 4 is 28.4 Å². The lowest BCUT2D eigenvalue weighted by atomic mass is 10.1. The van der Waals surface area contributed by atoms with Gasteiger partial charge in [-0.2, -0.15) is 0 Å². The minimum absolute atomic E-state index is 0.0347. The van der Waals surface area contributed by atoms with Crippen LogP contribution in [0.25, 0.3) is 0 Å². The van der Waals surface area contributed by atoms with E-state index in [4.69, 9.17) is 27.9 Å². The van der Waals surface area contributed by atoms with Crippen molar-refractivity contribution in [1.29, 1.82) is 0 Å². The van der Waals surface area contributed by atoms with E-state index in [2.05, 4.69) is 0 Å². The van der Waals surface area contributed by atoms with E-state index in [1.807, 2.05) is 0 Å². The van der Waals surface area contributed by atoms with Crippen LogP contribution in [0, 0.1) is 5.82 Å². The molecule has 6 heteroatoms. The molecule has 1 atom stereocenters. The summed E-state index contributed by atoms with van der Waals surface area (Å²) in [5.41, 5.74) is -1.81. The van der Waals surface area contributed by atoms with Crippen molar-refractivity contribution in [2.75, 3.05) is 6.61 Å². The maximum absolute atomic E-state index is 13.0. The summed E-state index contributed by atoms with van der Waals surface area (Å²) in [5, 5.41) is 8.47. The number of ether oxygens (including phenoxy) is 1. The van der Waals surface area contributed by atoms with Crippen LogP contribution in [0.1, 0.15) is 6.92 Å². The molecule has 0 unspecified atom stereocenters. The van der Waals surface area contributed by atoms with Gasteiger partial charge in [0.1, 0.15) is 18.2 Å². The number of benzene rings is 1. The van der Waals surface area contributed by atoms with Crippen molar-refractivity contribution in [2.45, 2.75) is 12.5 Å². The number of hydrogen-bond acceptors (Lipinski definition) is 3. The molecule has 0 aliphatic heterocycles. The summed E-state index contributed by atoms with van der Waals surface area (Å²) < 4.78 is 18.0. The number of hydrogen-bond donors (Lipinski definition) is 1. The molecule has 16 heavy (non-hydrogen) atoms. The molecule has 3 nitrogen and oxygen atoms in total. The molecule has 1 aromatic carbocycles. The largest absolute Gasteiger partial charge is 0.490 e. The van der Waals surface area contributed by atoms with Gasteiger partial charge in [0.25, 0.3) is 5.24 Å². The average Bonchev–Trinajstić information content (AvgIpc) is 2.20. The summed E-state index contributed by atoms with van der Waals surface area (Å²) in [4.78, 5) is 10.7. The SMILES string of the molecule is C[C@](O)(COc1ccc(Cl)c(F)c1)C(=O)Cl. The zero-order chi connectivity index (χ0) is 12.3. The van der Waals surface area contributed by atoms with E-state index in [0.29, 0.717) is 0 Å². The summed E-state index contributed by atoms with van der Waals surface area (Å²) in [6, 6.07) is 3.78. The van der Waals surface area contributed by atoms with Crippen molar-refractivity contribution in [3.63, 3.8) is 0 Å². The quantitative estimate of drug-likeness (QED) is 0.852. The second-order valence-corrected chi connectivity index (χ2v) is 4.16. The number of halogens is 3. The zero-order valence-corrected chi connectivity index (χ0v) is 9.85. The minimum Gasteiger partial charge on any atom is -0.490 e. The van der Waals surface area contributed by atoms with Crippen LogP contribution >= 0.6 is 23.2 Å². The molecule has 0 aliphatic carbocycles. The number of aliphatic hydroxyl groups is 1. The molecule has 0 spiro atoms. The Labute approximate surface area is 102 Å². The van der Waals surface area contributed by atoms with E-state index in [1.165, 1.54) is 19.1 Å². The Bertz CT molecular complexity index is 407. The van der Waals surface area contributed by atoms with E-state index in [1.54, 1.807) is 0 Å². The number of carbonyl (C=O) groups excluding carboxylic acids is 1. The first-order chi connectivity index (χ1) is 7.33. The van der Waals surface area contributed by atoms with Gasteiger partial charge in [0.15, 0.2) is 5.60 Å². The van der Waals surface area contributed by atoms with Gasteiger partial charge in [-0.25, -0.2) is 4.39 Å². The minimum atomic E-state index is -1.81. The first kappa shape index (κ1) is 13.2. The first-order valence-corrected chi connectivity index (χ1v) is 5.08. The second-order valence-electron chi connectivity index (χ2n) is 3.41. The average molecular weight is 267 g/mol. The molecule has 0 heterocycles. The van der Waals surface area contributed by atoms with E-state index in [0.717, 1.165) is 6.07 Å². The van der Waals surface area contributed by atoms with Gasteiger partial charge in [-0.3, -0.25) is 4.79 Å². The molecule has 0 fully saturated rings. The highest BCUT2D eigenvalue weighted by Gasteiger charge is 2.29. The summed E-state index contributed by atoms with van der Waals surface area (Å²) in [5.74, 6) is -0.490. The summed E-state index contributed by atoms with van der Waals surface area (Å²) in [6.45, 7) is 0.838. The Kier molecular flexibility index (Phi) is 4.13. The maximum atomic E-state index is 13.0. The standard InChI is InChI=1S/C10H9Cl2FO3/c1-10(15,9(12)14)5-16-6-2-3-7(11)8(13)4-6/h2-4,15H,5H2,1H3/t10-/m0/s1. The van der Waals surface area contributed by atoms with E-state index in [-0.39, 0.29) is 17.4 Å². The van der Waals surface area contributed by atoms with Crippen LogP contribution in [0.5, 0.6) is 5.75 Å². The van der Waals surface area contributed by atoms with Crippen molar-refractivity contribution in [3.8, 4) is 5.75 Å². The third kappa shape index (κ3) is 3.33. The smallest absolute Gasteiger partial charge is 0.256 e. The summed E-state index contributed by atoms with van der Waals surface area (Å²) in [7, 11) is 0. The predicted octanol–water partition coefficient (Wildman–Crippen LogP) is 2.37. The zero-order valence-electron chi connectivity index (χ0n) is 8.34. The molecule has 0 radical (unpaired) electrons. The monoisotopic (exact) mass is 266 g/mol. The Morgan fingerprint density at radius 2 is 2.25 bits per heavy atom. The highest BCUT2D eigenvalue weighted by Crippen LogP contribution is 2.21. The summed E-state index contributed by atoms with van der Waals surface area (Å²) >= 11 is 10.6. The highest BCUT2D eigenvalue weighted by atomic mass is 35.5. The van der Waals surface area contributed by atoms with Crippen LogP contribution in [-0.2, 0) is 4.79 Å². The van der Waals surface area contributed by atoms with Crippen molar-refractivity contribution in [2.24, 2.45) is 0 Å². The van der Waals surface area contributed by atoms with E-state index < -0.39 is 16.7 Å². The molecule has 0 saturated heterocycles. The van der Waals surface area contributed by atoms with Crippen LogP contribution in [0.3, 0.4) is 0 Å². The first-order valence-electron chi connectivity index (χ1n) is 4.33. The van der Waals surface area contributed by atoms with Gasteiger partial charge in [-0.1, -0.05) is 11.6 Å². The highest BCUT2D eigenvalue weighted by molar-refractivity contribution is 6.65. The number of rotatable bonds is 4. The van der Waals surface area contributed by atoms with Gasteiger partial charge in [-0.05, 0) is 30.7 Å².